The van der Waals surface area contributed by atoms with Crippen molar-refractivity contribution < 1.29 is 32.6 Å². The number of nitrogens with one attached hydrogen (secondary N) is 1. The minimum atomic E-state index is -5.32. The second-order valence-electron chi connectivity index (χ2n) is 4.66. The Balaban J connectivity index is 3.58. The molecule has 1 aromatic carbocycles. The predicted molar refractivity (Wildman–Crippen MR) is 72.1 cm³/mol. The third kappa shape index (κ3) is 3.38. The van der Waals surface area contributed by atoms with Crippen LogP contribution in [0.25, 0.3) is 0 Å². The topological polar surface area (TPSA) is 75.6 Å². The number of aryl methyl sites for hydroxylation is 1. The van der Waals surface area contributed by atoms with Crippen LogP contribution >= 0.6 is 0 Å². The molecule has 0 heterocycles. The Morgan fingerprint density at radius 3 is 2.36 bits per heavy atom. The number of ether oxygens (including phenoxy) is 1. The van der Waals surface area contributed by atoms with Crippen LogP contribution in [0.5, 0.6) is 0 Å². The van der Waals surface area contributed by atoms with Gasteiger partial charge in [0.15, 0.2) is 0 Å². The first kappa shape index (κ1) is 18.0. The molecule has 1 amide bonds. The quantitative estimate of drug-likeness (QED) is 0.835. The number of amides is 1. The number of hydrogen-bond donors (Lipinski definition) is 2. The Bertz CT molecular complexity index is 586. The van der Waals surface area contributed by atoms with Gasteiger partial charge in [0.05, 0.1) is 6.61 Å². The molecule has 1 unspecified atom stereocenters. The van der Waals surface area contributed by atoms with Crippen LogP contribution in [0.4, 0.5) is 18.9 Å². The largest absolute Gasteiger partial charge is 0.463 e. The van der Waals surface area contributed by atoms with Gasteiger partial charge in [-0.3, -0.25) is 4.79 Å². The summed E-state index contributed by atoms with van der Waals surface area (Å²) in [5.74, 6) is -2.49. The summed E-state index contributed by atoms with van der Waals surface area (Å²) in [6, 6.07) is 3.61. The molecule has 8 heteroatoms. The van der Waals surface area contributed by atoms with Gasteiger partial charge in [0.1, 0.15) is 0 Å². The smallest absolute Gasteiger partial charge is 0.432 e. The van der Waals surface area contributed by atoms with E-state index in [1.165, 1.54) is 26.0 Å². The number of rotatable bonds is 4. The first-order valence-electron chi connectivity index (χ1n) is 6.39. The number of benzene rings is 1. The first-order chi connectivity index (χ1) is 10.0. The number of anilines is 1. The molecule has 0 saturated heterocycles. The van der Waals surface area contributed by atoms with Crippen molar-refractivity contribution in [3.8, 4) is 0 Å². The normalized spacial score (nSPS) is 14.1. The highest BCUT2D eigenvalue weighted by Gasteiger charge is 2.63. The molecule has 0 saturated carbocycles. The van der Waals surface area contributed by atoms with Crippen LogP contribution in [0.15, 0.2) is 18.2 Å². The molecule has 0 spiro atoms. The molecule has 0 bridgehead atoms. The molecular weight excluding hydrogens is 303 g/mol. The molecule has 22 heavy (non-hydrogen) atoms. The fraction of sp³-hybridized carbons (Fsp3) is 0.429. The van der Waals surface area contributed by atoms with E-state index in [1.807, 2.05) is 0 Å². The lowest BCUT2D eigenvalue weighted by Crippen LogP contribution is -2.50. The highest BCUT2D eigenvalue weighted by atomic mass is 19.4. The van der Waals surface area contributed by atoms with Crippen LogP contribution in [0.3, 0.4) is 0 Å². The fourth-order valence-electron chi connectivity index (χ4n) is 1.87. The van der Waals surface area contributed by atoms with Gasteiger partial charge in [-0.15, -0.1) is 0 Å². The second kappa shape index (κ2) is 6.35. The summed E-state index contributed by atoms with van der Waals surface area (Å²) >= 11 is 0. The maximum absolute atomic E-state index is 13.3. The minimum absolute atomic E-state index is 0.314. The molecule has 0 radical (unpaired) electrons. The SMILES string of the molecule is CCOC(=O)C(O)(c1cc(C)ccc1NC(C)=O)C(F)(F)F. The van der Waals surface area contributed by atoms with Crippen LogP contribution in [-0.4, -0.2) is 29.8 Å². The summed E-state index contributed by atoms with van der Waals surface area (Å²) in [6.07, 6.45) is -5.32. The van der Waals surface area contributed by atoms with E-state index in [4.69, 9.17) is 0 Å². The highest BCUT2D eigenvalue weighted by Crippen LogP contribution is 2.43. The summed E-state index contributed by atoms with van der Waals surface area (Å²) in [7, 11) is 0. The summed E-state index contributed by atoms with van der Waals surface area (Å²) in [5.41, 5.74) is -4.59. The van der Waals surface area contributed by atoms with Crippen molar-refractivity contribution in [2.24, 2.45) is 0 Å². The molecule has 5 nitrogen and oxygen atoms in total. The third-order valence-corrected chi connectivity index (χ3v) is 2.86. The molecular formula is C14H16F3NO4. The number of alkyl halides is 3. The molecule has 1 atom stereocenters. The number of aliphatic hydroxyl groups is 1. The monoisotopic (exact) mass is 319 g/mol. The van der Waals surface area contributed by atoms with E-state index < -0.39 is 29.2 Å². The van der Waals surface area contributed by atoms with Gasteiger partial charge in [-0.1, -0.05) is 17.7 Å². The summed E-state index contributed by atoms with van der Waals surface area (Å²) < 4.78 is 44.4. The van der Waals surface area contributed by atoms with Crippen LogP contribution < -0.4 is 5.32 Å². The van der Waals surface area contributed by atoms with Crippen LogP contribution in [0, 0.1) is 6.92 Å². The molecule has 2 N–H and O–H groups in total. The molecule has 1 aromatic rings. The van der Waals surface area contributed by atoms with Gasteiger partial charge in [-0.25, -0.2) is 4.79 Å². The molecule has 0 aromatic heterocycles. The molecule has 0 aliphatic heterocycles. The van der Waals surface area contributed by atoms with E-state index in [9.17, 15) is 27.9 Å². The Morgan fingerprint density at radius 2 is 1.91 bits per heavy atom. The summed E-state index contributed by atoms with van der Waals surface area (Å²) in [6.45, 7) is 3.57. The highest BCUT2D eigenvalue weighted by molar-refractivity contribution is 5.92. The van der Waals surface area contributed by atoms with Gasteiger partial charge < -0.3 is 15.2 Å². The molecule has 0 aliphatic rings. The zero-order chi connectivity index (χ0) is 17.1. The van der Waals surface area contributed by atoms with Gasteiger partial charge in [0.25, 0.3) is 5.60 Å². The molecule has 122 valence electrons. The maximum Gasteiger partial charge on any atom is 0.432 e. The Morgan fingerprint density at radius 1 is 1.32 bits per heavy atom. The molecule has 1 rings (SSSR count). The van der Waals surface area contributed by atoms with Crippen molar-refractivity contribution in [3.05, 3.63) is 29.3 Å². The Labute approximate surface area is 125 Å². The van der Waals surface area contributed by atoms with Crippen molar-refractivity contribution >= 4 is 17.6 Å². The zero-order valence-corrected chi connectivity index (χ0v) is 12.2. The summed E-state index contributed by atoms with van der Waals surface area (Å²) in [4.78, 5) is 22.9. The number of carbonyl (C=O) groups is 2. The summed E-state index contributed by atoms with van der Waals surface area (Å²) in [5, 5.41) is 12.3. The van der Waals surface area contributed by atoms with Crippen LogP contribution in [0.1, 0.15) is 25.0 Å². The maximum atomic E-state index is 13.3. The lowest BCUT2D eigenvalue weighted by molar-refractivity contribution is -0.267. The number of halogens is 3. The van der Waals surface area contributed by atoms with E-state index in [-0.39, 0.29) is 12.3 Å². The number of esters is 1. The number of carbonyl (C=O) groups excluding carboxylic acids is 2. The predicted octanol–water partition coefficient (Wildman–Crippen LogP) is 2.27. The van der Waals surface area contributed by atoms with E-state index in [0.717, 1.165) is 13.0 Å². The fourth-order valence-corrected chi connectivity index (χ4v) is 1.87. The van der Waals surface area contributed by atoms with Crippen LogP contribution in [0.2, 0.25) is 0 Å². The third-order valence-electron chi connectivity index (χ3n) is 2.86. The van der Waals surface area contributed by atoms with Crippen molar-refractivity contribution in [2.75, 3.05) is 11.9 Å². The lowest BCUT2D eigenvalue weighted by atomic mass is 9.90. The van der Waals surface area contributed by atoms with Gasteiger partial charge in [0, 0.05) is 18.2 Å². The van der Waals surface area contributed by atoms with E-state index in [2.05, 4.69) is 10.1 Å². The van der Waals surface area contributed by atoms with Crippen LogP contribution in [-0.2, 0) is 19.9 Å². The van der Waals surface area contributed by atoms with E-state index in [0.29, 0.717) is 5.56 Å². The van der Waals surface area contributed by atoms with Crippen molar-refractivity contribution in [1.82, 2.24) is 0 Å². The average molecular weight is 319 g/mol. The first-order valence-corrected chi connectivity index (χ1v) is 6.39. The van der Waals surface area contributed by atoms with Gasteiger partial charge in [0.2, 0.25) is 5.91 Å². The van der Waals surface area contributed by atoms with Gasteiger partial charge in [-0.05, 0) is 19.9 Å². The standard InChI is InChI=1S/C14H16F3NO4/c1-4-22-12(20)13(21,14(15,16)17)10-7-8(2)5-6-11(10)18-9(3)19/h5-7,21H,4H2,1-3H3,(H,18,19). The van der Waals surface area contributed by atoms with E-state index in [1.54, 1.807) is 0 Å². The van der Waals surface area contributed by atoms with Crippen molar-refractivity contribution in [3.63, 3.8) is 0 Å². The van der Waals surface area contributed by atoms with Gasteiger partial charge >= 0.3 is 12.1 Å². The minimum Gasteiger partial charge on any atom is -0.463 e. The molecule has 0 fully saturated rings. The Kier molecular flexibility index (Phi) is 5.18. The second-order valence-corrected chi connectivity index (χ2v) is 4.66. The lowest BCUT2D eigenvalue weighted by Gasteiger charge is -2.30. The van der Waals surface area contributed by atoms with Gasteiger partial charge in [-0.2, -0.15) is 13.2 Å². The van der Waals surface area contributed by atoms with Crippen molar-refractivity contribution in [2.45, 2.75) is 32.5 Å². The Hall–Kier alpha value is -2.09. The molecule has 0 aliphatic carbocycles. The average Bonchev–Trinajstić information content (AvgIpc) is 2.38. The number of hydrogen-bond acceptors (Lipinski definition) is 4. The zero-order valence-electron chi connectivity index (χ0n) is 12.2. The van der Waals surface area contributed by atoms with E-state index >= 15 is 0 Å². The van der Waals surface area contributed by atoms with Crippen molar-refractivity contribution in [1.29, 1.82) is 0 Å².